The number of anilines is 1. The highest BCUT2D eigenvalue weighted by Crippen LogP contribution is 2.28. The number of amides is 1. The van der Waals surface area contributed by atoms with Crippen LogP contribution in [0.25, 0.3) is 0 Å². The maximum atomic E-state index is 13.4. The minimum absolute atomic E-state index is 0.0220. The largest absolute Gasteiger partial charge is 0.492 e. The molecule has 0 unspecified atom stereocenters. The summed E-state index contributed by atoms with van der Waals surface area (Å²) in [5.74, 6) is -0.0848. The minimum atomic E-state index is -4.08. The number of carbonyl (C=O) groups excluding carboxylic acids is 1. The quantitative estimate of drug-likeness (QED) is 0.313. The van der Waals surface area contributed by atoms with Crippen LogP contribution in [0.3, 0.4) is 0 Å². The van der Waals surface area contributed by atoms with Gasteiger partial charge in [-0.2, -0.15) is 0 Å². The molecule has 0 saturated carbocycles. The number of ether oxygens (including phenoxy) is 1. The van der Waals surface area contributed by atoms with E-state index in [9.17, 15) is 13.2 Å². The zero-order valence-electron chi connectivity index (χ0n) is 18.4. The van der Waals surface area contributed by atoms with Crippen LogP contribution in [0.5, 0.6) is 5.75 Å². The molecular weight excluding hydrogens is 481 g/mol. The lowest BCUT2D eigenvalue weighted by molar-refractivity contribution is -0.117. The summed E-state index contributed by atoms with van der Waals surface area (Å²) in [5.41, 5.74) is 2.28. The topological polar surface area (TPSA) is 63.7 Å². The van der Waals surface area contributed by atoms with Gasteiger partial charge in [0.25, 0.3) is 10.0 Å². The molecule has 0 aliphatic heterocycles. The summed E-state index contributed by atoms with van der Waals surface area (Å²) >= 11 is 12.0. The summed E-state index contributed by atoms with van der Waals surface area (Å²) in [6.07, 6.45) is 1.10. The van der Waals surface area contributed by atoms with Gasteiger partial charge in [0.05, 0.1) is 22.2 Å². The molecule has 0 spiro atoms. The van der Waals surface area contributed by atoms with E-state index in [0.29, 0.717) is 27.9 Å². The molecule has 5 nitrogen and oxygen atoms in total. The van der Waals surface area contributed by atoms with Crippen molar-refractivity contribution < 1.29 is 17.9 Å². The Morgan fingerprint density at radius 2 is 1.64 bits per heavy atom. The molecule has 0 fully saturated rings. The number of halogens is 2. The average Bonchev–Trinajstić information content (AvgIpc) is 2.78. The number of aryl methyl sites for hydroxylation is 2. The fourth-order valence-corrected chi connectivity index (χ4v) is 5.11. The highest BCUT2D eigenvalue weighted by molar-refractivity contribution is 7.93. The Hall–Kier alpha value is -2.54. The zero-order chi connectivity index (χ0) is 24.0. The van der Waals surface area contributed by atoms with Crippen LogP contribution in [0, 0.1) is 6.92 Å². The van der Waals surface area contributed by atoms with E-state index >= 15 is 0 Å². The number of rotatable bonds is 9. The molecule has 0 N–H and O–H groups in total. The van der Waals surface area contributed by atoms with Crippen molar-refractivity contribution in [3.8, 4) is 5.75 Å². The lowest BCUT2D eigenvalue weighted by Crippen LogP contribution is -2.37. The summed E-state index contributed by atoms with van der Waals surface area (Å²) in [4.78, 5) is 13.2. The number of hydrogen-bond donors (Lipinski definition) is 0. The molecular formula is C25H25Cl2NO4S. The van der Waals surface area contributed by atoms with Crippen LogP contribution in [0.15, 0.2) is 71.6 Å². The highest BCUT2D eigenvalue weighted by atomic mass is 35.5. The second-order valence-electron chi connectivity index (χ2n) is 7.52. The number of nitrogens with zero attached hydrogens (tertiary/aromatic N) is 1. The minimum Gasteiger partial charge on any atom is -0.492 e. The number of carbonyl (C=O) groups is 1. The summed E-state index contributed by atoms with van der Waals surface area (Å²) in [6, 6.07) is 18.3. The third kappa shape index (κ3) is 6.28. The van der Waals surface area contributed by atoms with Crippen LogP contribution in [0.2, 0.25) is 10.0 Å². The Morgan fingerprint density at radius 3 is 2.24 bits per heavy atom. The van der Waals surface area contributed by atoms with Crippen molar-refractivity contribution >= 4 is 44.8 Å². The molecule has 0 heterocycles. The highest BCUT2D eigenvalue weighted by Gasteiger charge is 2.30. The fraction of sp³-hybridized carbons (Fsp3) is 0.240. The van der Waals surface area contributed by atoms with Crippen molar-refractivity contribution in [1.29, 1.82) is 0 Å². The summed E-state index contributed by atoms with van der Waals surface area (Å²) < 4.78 is 33.3. The van der Waals surface area contributed by atoms with E-state index in [1.54, 1.807) is 42.5 Å². The first-order valence-electron chi connectivity index (χ1n) is 10.5. The van der Waals surface area contributed by atoms with Crippen LogP contribution < -0.4 is 9.04 Å². The maximum Gasteiger partial charge on any atom is 0.270 e. The SMILES string of the molecule is CCc1ccc(N(C(=O)CCCOc2ccc(Cl)cc2Cl)S(=O)(=O)c2ccc(C)cc2)cc1. The smallest absolute Gasteiger partial charge is 0.270 e. The van der Waals surface area contributed by atoms with Crippen molar-refractivity contribution in [1.82, 2.24) is 0 Å². The predicted molar refractivity (Wildman–Crippen MR) is 133 cm³/mol. The molecule has 0 aromatic heterocycles. The van der Waals surface area contributed by atoms with Crippen molar-refractivity contribution in [2.75, 3.05) is 10.9 Å². The molecule has 0 atom stereocenters. The van der Waals surface area contributed by atoms with Gasteiger partial charge < -0.3 is 4.74 Å². The standard InChI is InChI=1S/C25H25Cl2NO4S/c1-3-19-8-11-21(12-9-19)28(33(30,31)22-13-6-18(2)7-14-22)25(29)5-4-16-32-24-15-10-20(26)17-23(24)27/h6-15,17H,3-5,16H2,1-2H3. The molecule has 3 aromatic carbocycles. The van der Waals surface area contributed by atoms with Crippen molar-refractivity contribution in [3.63, 3.8) is 0 Å². The van der Waals surface area contributed by atoms with Gasteiger partial charge in [0.2, 0.25) is 5.91 Å². The molecule has 174 valence electrons. The third-order valence-electron chi connectivity index (χ3n) is 5.05. The molecule has 0 saturated heterocycles. The monoisotopic (exact) mass is 505 g/mol. The summed E-state index contributed by atoms with van der Waals surface area (Å²) in [7, 11) is -4.08. The van der Waals surface area contributed by atoms with Gasteiger partial charge in [-0.3, -0.25) is 4.79 Å². The summed E-state index contributed by atoms with van der Waals surface area (Å²) in [5, 5.41) is 0.863. The second-order valence-corrected chi connectivity index (χ2v) is 10.2. The zero-order valence-corrected chi connectivity index (χ0v) is 20.8. The number of hydrogen-bond acceptors (Lipinski definition) is 4. The molecule has 0 radical (unpaired) electrons. The van der Waals surface area contributed by atoms with Crippen LogP contribution in [0.1, 0.15) is 30.9 Å². The van der Waals surface area contributed by atoms with E-state index in [1.165, 1.54) is 12.1 Å². The number of sulfonamides is 1. The molecule has 0 aliphatic rings. The van der Waals surface area contributed by atoms with Crippen molar-refractivity contribution in [2.45, 2.75) is 38.0 Å². The Morgan fingerprint density at radius 1 is 0.970 bits per heavy atom. The van der Waals surface area contributed by atoms with Crippen LogP contribution >= 0.6 is 23.2 Å². The normalized spacial score (nSPS) is 11.3. The van der Waals surface area contributed by atoms with E-state index < -0.39 is 15.9 Å². The van der Waals surface area contributed by atoms with E-state index in [4.69, 9.17) is 27.9 Å². The van der Waals surface area contributed by atoms with E-state index in [1.807, 2.05) is 26.0 Å². The van der Waals surface area contributed by atoms with Crippen molar-refractivity contribution in [3.05, 3.63) is 87.9 Å². The van der Waals surface area contributed by atoms with Crippen LogP contribution in [-0.2, 0) is 21.2 Å². The van der Waals surface area contributed by atoms with Gasteiger partial charge in [0.1, 0.15) is 5.75 Å². The molecule has 0 aliphatic carbocycles. The van der Waals surface area contributed by atoms with Crippen LogP contribution in [0.4, 0.5) is 5.69 Å². The van der Waals surface area contributed by atoms with Gasteiger partial charge in [-0.05, 0) is 67.8 Å². The molecule has 8 heteroatoms. The van der Waals surface area contributed by atoms with Gasteiger partial charge >= 0.3 is 0 Å². The van der Waals surface area contributed by atoms with E-state index in [2.05, 4.69) is 0 Å². The average molecular weight is 506 g/mol. The first-order chi connectivity index (χ1) is 15.7. The van der Waals surface area contributed by atoms with E-state index in [0.717, 1.165) is 21.9 Å². The van der Waals surface area contributed by atoms with Crippen molar-refractivity contribution in [2.24, 2.45) is 0 Å². The Balaban J connectivity index is 1.79. The molecule has 0 bridgehead atoms. The predicted octanol–water partition coefficient (Wildman–Crippen LogP) is 6.45. The third-order valence-corrected chi connectivity index (χ3v) is 7.34. The first-order valence-corrected chi connectivity index (χ1v) is 12.7. The lowest BCUT2D eigenvalue weighted by Gasteiger charge is -2.23. The molecule has 33 heavy (non-hydrogen) atoms. The van der Waals surface area contributed by atoms with Crippen LogP contribution in [-0.4, -0.2) is 20.9 Å². The fourth-order valence-electron chi connectivity index (χ4n) is 3.20. The van der Waals surface area contributed by atoms with Gasteiger partial charge in [-0.1, -0.05) is 60.0 Å². The Bertz CT molecular complexity index is 1210. The van der Waals surface area contributed by atoms with Gasteiger partial charge in [-0.15, -0.1) is 0 Å². The molecule has 1 amide bonds. The van der Waals surface area contributed by atoms with Gasteiger partial charge in [0, 0.05) is 11.4 Å². The van der Waals surface area contributed by atoms with E-state index in [-0.39, 0.29) is 17.9 Å². The molecule has 3 rings (SSSR count). The maximum absolute atomic E-state index is 13.4. The summed E-state index contributed by atoms with van der Waals surface area (Å²) in [6.45, 7) is 4.07. The van der Waals surface area contributed by atoms with Gasteiger partial charge in [-0.25, -0.2) is 12.7 Å². The second kappa shape index (κ2) is 11.1. The Labute approximate surface area is 205 Å². The molecule has 3 aromatic rings. The van der Waals surface area contributed by atoms with Gasteiger partial charge in [0.15, 0.2) is 0 Å². The number of benzene rings is 3. The first kappa shape index (κ1) is 25.1. The lowest BCUT2D eigenvalue weighted by atomic mass is 10.1. The Kier molecular flexibility index (Phi) is 8.40.